The van der Waals surface area contributed by atoms with Crippen molar-refractivity contribution in [2.75, 3.05) is 0 Å². The Hall–Kier alpha value is -2.09. The van der Waals surface area contributed by atoms with Gasteiger partial charge in [-0.2, -0.15) is 0 Å². The molecule has 0 fully saturated rings. The zero-order valence-electron chi connectivity index (χ0n) is 13.1. The number of rotatable bonds is 4. The predicted molar refractivity (Wildman–Crippen MR) is 86.3 cm³/mol. The topological polar surface area (TPSA) is 26.3 Å². The first-order valence-electron chi connectivity index (χ1n) is 7.32. The van der Waals surface area contributed by atoms with E-state index in [1.54, 1.807) is 6.07 Å². The van der Waals surface area contributed by atoms with Gasteiger partial charge in [0.05, 0.1) is 0 Å². The van der Waals surface area contributed by atoms with Crippen LogP contribution in [-0.4, -0.2) is 5.78 Å². The number of Topliss-reactive ketones (excluding diaryl/α,β-unsaturated/α-hetero) is 1. The number of hydrogen-bond acceptors (Lipinski definition) is 2. The van der Waals surface area contributed by atoms with Crippen molar-refractivity contribution >= 4 is 5.78 Å². The first kappa shape index (κ1) is 15.3. The molecular weight excluding hydrogens is 260 g/mol. The Morgan fingerprint density at radius 3 is 2.24 bits per heavy atom. The number of hydrogen-bond donors (Lipinski definition) is 0. The predicted octanol–water partition coefficient (Wildman–Crippen LogP) is 5.37. The van der Waals surface area contributed by atoms with E-state index < -0.39 is 0 Å². The molecule has 0 radical (unpaired) electrons. The van der Waals surface area contributed by atoms with Crippen LogP contribution in [0.3, 0.4) is 0 Å². The molecule has 0 atom stereocenters. The molecule has 0 heterocycles. The molecule has 0 saturated carbocycles. The minimum Gasteiger partial charge on any atom is -0.457 e. The molecule has 0 N–H and O–H groups in total. The van der Waals surface area contributed by atoms with Gasteiger partial charge in [0, 0.05) is 12.0 Å². The minimum atomic E-state index is 0.128. The summed E-state index contributed by atoms with van der Waals surface area (Å²) in [5.41, 5.74) is 2.09. The minimum absolute atomic E-state index is 0.128. The lowest BCUT2D eigenvalue weighted by Crippen LogP contribution is -2.10. The van der Waals surface area contributed by atoms with Crippen LogP contribution in [0.25, 0.3) is 0 Å². The first-order valence-corrected chi connectivity index (χ1v) is 7.32. The number of ether oxygens (including phenoxy) is 1. The van der Waals surface area contributed by atoms with Gasteiger partial charge in [-0.3, -0.25) is 4.79 Å². The van der Waals surface area contributed by atoms with Gasteiger partial charge in [-0.05, 0) is 35.2 Å². The van der Waals surface area contributed by atoms with Crippen molar-refractivity contribution in [1.82, 2.24) is 0 Å². The Morgan fingerprint density at radius 2 is 1.67 bits per heavy atom. The van der Waals surface area contributed by atoms with E-state index in [-0.39, 0.29) is 11.2 Å². The van der Waals surface area contributed by atoms with E-state index >= 15 is 0 Å². The lowest BCUT2D eigenvalue weighted by molar-refractivity contribution is 0.0988. The summed E-state index contributed by atoms with van der Waals surface area (Å²) in [6.07, 6.45) is 0.504. The molecule has 2 nitrogen and oxygen atoms in total. The maximum atomic E-state index is 11.7. The molecule has 2 rings (SSSR count). The van der Waals surface area contributed by atoms with Gasteiger partial charge in [0.2, 0.25) is 0 Å². The second kappa shape index (κ2) is 6.13. The van der Waals surface area contributed by atoms with E-state index in [4.69, 9.17) is 4.74 Å². The van der Waals surface area contributed by atoms with E-state index in [0.717, 1.165) is 5.75 Å². The maximum Gasteiger partial charge on any atom is 0.162 e. The fourth-order valence-electron chi connectivity index (χ4n) is 2.10. The fourth-order valence-corrected chi connectivity index (χ4v) is 2.10. The van der Waals surface area contributed by atoms with Crippen LogP contribution in [0.4, 0.5) is 0 Å². The highest BCUT2D eigenvalue weighted by atomic mass is 16.5. The summed E-state index contributed by atoms with van der Waals surface area (Å²) in [7, 11) is 0. The van der Waals surface area contributed by atoms with Gasteiger partial charge >= 0.3 is 0 Å². The molecule has 0 aromatic heterocycles. The van der Waals surface area contributed by atoms with Gasteiger partial charge in [0.15, 0.2) is 5.78 Å². The molecule has 21 heavy (non-hydrogen) atoms. The molecule has 110 valence electrons. The summed E-state index contributed by atoms with van der Waals surface area (Å²) >= 11 is 0. The molecule has 0 bridgehead atoms. The first-order chi connectivity index (χ1) is 9.90. The van der Waals surface area contributed by atoms with Gasteiger partial charge in [0.25, 0.3) is 0 Å². The fraction of sp³-hybridized carbons (Fsp3) is 0.316. The second-order valence-electron chi connectivity index (χ2n) is 6.18. The zero-order chi connectivity index (χ0) is 15.5. The number of carbonyl (C=O) groups is 1. The summed E-state index contributed by atoms with van der Waals surface area (Å²) in [6, 6.07) is 15.4. The SMILES string of the molecule is CCC(=O)c1cccc(Oc2ccc(C(C)(C)C)cc2)c1. The smallest absolute Gasteiger partial charge is 0.162 e. The molecule has 2 aromatic carbocycles. The molecule has 0 aliphatic carbocycles. The standard InChI is InChI=1S/C19H22O2/c1-5-18(20)14-7-6-8-17(13-14)21-16-11-9-15(10-12-16)19(2,3)4/h6-13H,5H2,1-4H3. The normalized spacial score (nSPS) is 11.2. The van der Waals surface area contributed by atoms with Gasteiger partial charge in [0.1, 0.15) is 11.5 Å². The Balaban J connectivity index is 2.17. The Morgan fingerprint density at radius 1 is 1.00 bits per heavy atom. The van der Waals surface area contributed by atoms with E-state index in [2.05, 4.69) is 32.9 Å². The van der Waals surface area contributed by atoms with Crippen molar-refractivity contribution in [3.63, 3.8) is 0 Å². The van der Waals surface area contributed by atoms with Crippen molar-refractivity contribution in [3.8, 4) is 11.5 Å². The number of carbonyl (C=O) groups excluding carboxylic acids is 1. The largest absolute Gasteiger partial charge is 0.457 e. The second-order valence-corrected chi connectivity index (χ2v) is 6.18. The third-order valence-electron chi connectivity index (χ3n) is 3.43. The molecule has 2 aromatic rings. The molecule has 0 aliphatic rings. The quantitative estimate of drug-likeness (QED) is 0.705. The van der Waals surface area contributed by atoms with Crippen molar-refractivity contribution in [1.29, 1.82) is 0 Å². The van der Waals surface area contributed by atoms with Crippen molar-refractivity contribution < 1.29 is 9.53 Å². The third kappa shape index (κ3) is 3.94. The molecule has 0 amide bonds. The Bertz CT molecular complexity index is 619. The molecule has 0 aliphatic heterocycles. The highest BCUT2D eigenvalue weighted by molar-refractivity contribution is 5.96. The maximum absolute atomic E-state index is 11.7. The van der Waals surface area contributed by atoms with Crippen LogP contribution in [-0.2, 0) is 5.41 Å². The Kier molecular flexibility index (Phi) is 4.46. The molecule has 0 saturated heterocycles. The average Bonchev–Trinajstić information content (AvgIpc) is 2.46. The van der Waals surface area contributed by atoms with E-state index in [1.807, 2.05) is 37.3 Å². The van der Waals surface area contributed by atoms with Crippen LogP contribution in [0.15, 0.2) is 48.5 Å². The number of benzene rings is 2. The van der Waals surface area contributed by atoms with Gasteiger partial charge < -0.3 is 4.74 Å². The van der Waals surface area contributed by atoms with Crippen LogP contribution in [0.2, 0.25) is 0 Å². The number of ketones is 1. The van der Waals surface area contributed by atoms with E-state index in [1.165, 1.54) is 5.56 Å². The van der Waals surface area contributed by atoms with Gasteiger partial charge in [-0.15, -0.1) is 0 Å². The third-order valence-corrected chi connectivity index (χ3v) is 3.43. The lowest BCUT2D eigenvalue weighted by Gasteiger charge is -2.19. The van der Waals surface area contributed by atoms with Crippen molar-refractivity contribution in [3.05, 3.63) is 59.7 Å². The summed E-state index contributed by atoms with van der Waals surface area (Å²) in [5, 5.41) is 0. The highest BCUT2D eigenvalue weighted by Crippen LogP contribution is 2.27. The average molecular weight is 282 g/mol. The van der Waals surface area contributed by atoms with Gasteiger partial charge in [-0.25, -0.2) is 0 Å². The van der Waals surface area contributed by atoms with Crippen LogP contribution in [0, 0.1) is 0 Å². The molecular formula is C19H22O2. The van der Waals surface area contributed by atoms with Gasteiger partial charge in [-0.1, -0.05) is 52.0 Å². The Labute approximate surface area is 126 Å². The monoisotopic (exact) mass is 282 g/mol. The van der Waals surface area contributed by atoms with Crippen LogP contribution >= 0.6 is 0 Å². The highest BCUT2D eigenvalue weighted by Gasteiger charge is 2.13. The summed E-state index contributed by atoms with van der Waals surface area (Å²) in [6.45, 7) is 8.41. The van der Waals surface area contributed by atoms with E-state index in [0.29, 0.717) is 17.7 Å². The summed E-state index contributed by atoms with van der Waals surface area (Å²) < 4.78 is 5.83. The van der Waals surface area contributed by atoms with Crippen molar-refractivity contribution in [2.45, 2.75) is 39.5 Å². The van der Waals surface area contributed by atoms with Crippen LogP contribution in [0.5, 0.6) is 11.5 Å². The molecule has 0 spiro atoms. The summed E-state index contributed by atoms with van der Waals surface area (Å²) in [5.74, 6) is 1.60. The molecule has 0 unspecified atom stereocenters. The lowest BCUT2D eigenvalue weighted by atomic mass is 9.87. The molecule has 2 heteroatoms. The zero-order valence-corrected chi connectivity index (χ0v) is 13.1. The summed E-state index contributed by atoms with van der Waals surface area (Å²) in [4.78, 5) is 11.7. The van der Waals surface area contributed by atoms with Crippen molar-refractivity contribution in [2.24, 2.45) is 0 Å². The van der Waals surface area contributed by atoms with Crippen LogP contribution in [0.1, 0.15) is 50.0 Å². The van der Waals surface area contributed by atoms with Crippen LogP contribution < -0.4 is 4.74 Å². The van der Waals surface area contributed by atoms with E-state index in [9.17, 15) is 4.79 Å².